The van der Waals surface area contributed by atoms with Crippen LogP contribution >= 0.6 is 0 Å². The molecule has 0 aromatic heterocycles. The van der Waals surface area contributed by atoms with Crippen molar-refractivity contribution in [1.29, 1.82) is 5.41 Å². The highest BCUT2D eigenvalue weighted by Gasteiger charge is 2.45. The summed E-state index contributed by atoms with van der Waals surface area (Å²) >= 11 is 0. The number of nitrogens with one attached hydrogen (secondary N) is 2. The number of carbonyl (C=O) groups excluding carboxylic acids is 3. The Labute approximate surface area is 301 Å². The van der Waals surface area contributed by atoms with Crippen molar-refractivity contribution >= 4 is 46.8 Å². The number of hydrazine groups is 1. The minimum absolute atomic E-state index is 0.102. The van der Waals surface area contributed by atoms with Gasteiger partial charge in [-0.05, 0) is 101 Å². The van der Waals surface area contributed by atoms with Crippen LogP contribution in [-0.4, -0.2) is 29.1 Å². The van der Waals surface area contributed by atoms with Crippen molar-refractivity contribution in [2.24, 2.45) is 0 Å². The molecule has 0 unspecified atom stereocenters. The standard InChI is InChI=1S/C43H34N6O3/c44-40-46(37-21-13-33(14-22-37)28-31-9-5-2-6-10-31)41(50)47(40)38-23-15-34(16-24-38)29-35-17-25-39(26-18-35)48-42(51)49(43(48)52)45-36-19-11-32(12-20-36)27-30-7-3-1-4-8-30/h1-26,44-45H,27-29H2. The molecule has 0 saturated carbocycles. The van der Waals surface area contributed by atoms with Gasteiger partial charge in [-0.15, -0.1) is 0 Å². The van der Waals surface area contributed by atoms with Crippen molar-refractivity contribution in [3.63, 3.8) is 0 Å². The second-order valence-electron chi connectivity index (χ2n) is 12.8. The Balaban J connectivity index is 0.835. The number of carbonyl (C=O) groups is 3. The van der Waals surface area contributed by atoms with Crippen LogP contribution in [-0.2, 0) is 19.3 Å². The number of benzene rings is 6. The molecule has 9 nitrogen and oxygen atoms in total. The fraction of sp³-hybridized carbons (Fsp3) is 0.0698. The zero-order chi connectivity index (χ0) is 35.6. The van der Waals surface area contributed by atoms with Crippen LogP contribution in [0.2, 0.25) is 0 Å². The van der Waals surface area contributed by atoms with Gasteiger partial charge in [-0.3, -0.25) is 10.8 Å². The summed E-state index contributed by atoms with van der Waals surface area (Å²) in [5.74, 6) is 0.102. The lowest BCUT2D eigenvalue weighted by molar-refractivity contribution is 0.181. The third kappa shape index (κ3) is 6.38. The van der Waals surface area contributed by atoms with E-state index in [0.717, 1.165) is 45.0 Å². The zero-order valence-electron chi connectivity index (χ0n) is 28.1. The molecule has 2 fully saturated rings. The van der Waals surface area contributed by atoms with Gasteiger partial charge in [0.25, 0.3) is 0 Å². The van der Waals surface area contributed by atoms with Gasteiger partial charge >= 0.3 is 18.1 Å². The number of guanidine groups is 1. The molecule has 52 heavy (non-hydrogen) atoms. The summed E-state index contributed by atoms with van der Waals surface area (Å²) in [5, 5.41) is 9.61. The first-order valence-corrected chi connectivity index (χ1v) is 17.0. The van der Waals surface area contributed by atoms with Crippen molar-refractivity contribution in [2.45, 2.75) is 19.3 Å². The molecule has 0 radical (unpaired) electrons. The molecule has 2 N–H and O–H groups in total. The predicted octanol–water partition coefficient (Wildman–Crippen LogP) is 9.23. The van der Waals surface area contributed by atoms with Gasteiger partial charge in [0.1, 0.15) is 0 Å². The second-order valence-corrected chi connectivity index (χ2v) is 12.8. The maximum Gasteiger partial charge on any atom is 0.360 e. The quantitative estimate of drug-likeness (QED) is 0.142. The third-order valence-corrected chi connectivity index (χ3v) is 9.26. The van der Waals surface area contributed by atoms with E-state index in [4.69, 9.17) is 5.41 Å². The Morgan fingerprint density at radius 3 is 1.08 bits per heavy atom. The van der Waals surface area contributed by atoms with E-state index in [1.165, 1.54) is 20.9 Å². The van der Waals surface area contributed by atoms with Gasteiger partial charge in [0.15, 0.2) is 0 Å². The van der Waals surface area contributed by atoms with Crippen molar-refractivity contribution in [3.8, 4) is 0 Å². The minimum Gasteiger partial charge on any atom is -0.286 e. The van der Waals surface area contributed by atoms with Crippen LogP contribution in [0.25, 0.3) is 0 Å². The van der Waals surface area contributed by atoms with E-state index in [1.54, 1.807) is 12.1 Å². The Kier molecular flexibility index (Phi) is 8.50. The molecular weight excluding hydrogens is 649 g/mol. The molecule has 254 valence electrons. The highest BCUT2D eigenvalue weighted by atomic mass is 16.2. The average molecular weight is 683 g/mol. The number of urea groups is 3. The molecule has 2 aliphatic rings. The van der Waals surface area contributed by atoms with Crippen LogP contribution in [0.4, 0.5) is 37.1 Å². The van der Waals surface area contributed by atoms with Crippen molar-refractivity contribution < 1.29 is 14.4 Å². The van der Waals surface area contributed by atoms with Gasteiger partial charge in [0.2, 0.25) is 5.96 Å². The lowest BCUT2D eigenvalue weighted by Crippen LogP contribution is -2.66. The Bertz CT molecular complexity index is 2230. The largest absolute Gasteiger partial charge is 0.360 e. The molecule has 8 rings (SSSR count). The van der Waals surface area contributed by atoms with E-state index >= 15 is 0 Å². The highest BCUT2D eigenvalue weighted by Crippen LogP contribution is 2.32. The number of rotatable bonds is 11. The van der Waals surface area contributed by atoms with Crippen LogP contribution in [0, 0.1) is 5.41 Å². The number of anilines is 4. The van der Waals surface area contributed by atoms with Crippen molar-refractivity contribution in [1.82, 2.24) is 5.01 Å². The Morgan fingerprint density at radius 1 is 0.385 bits per heavy atom. The number of amides is 6. The maximum absolute atomic E-state index is 13.1. The van der Waals surface area contributed by atoms with Crippen LogP contribution in [0.5, 0.6) is 0 Å². The van der Waals surface area contributed by atoms with Gasteiger partial charge in [-0.25, -0.2) is 29.1 Å². The summed E-state index contributed by atoms with van der Waals surface area (Å²) in [7, 11) is 0. The number of hydrogen-bond donors (Lipinski definition) is 2. The number of hydrogen-bond acceptors (Lipinski definition) is 5. The van der Waals surface area contributed by atoms with E-state index in [-0.39, 0.29) is 12.0 Å². The van der Waals surface area contributed by atoms with Crippen LogP contribution in [0.1, 0.15) is 33.4 Å². The van der Waals surface area contributed by atoms with Crippen LogP contribution in [0.15, 0.2) is 158 Å². The molecule has 6 amide bonds. The monoisotopic (exact) mass is 682 g/mol. The second kappa shape index (κ2) is 13.7. The molecule has 2 heterocycles. The van der Waals surface area contributed by atoms with E-state index in [0.29, 0.717) is 29.2 Å². The van der Waals surface area contributed by atoms with Gasteiger partial charge in [0, 0.05) is 0 Å². The number of imide groups is 2. The zero-order valence-corrected chi connectivity index (χ0v) is 28.1. The van der Waals surface area contributed by atoms with E-state index in [2.05, 4.69) is 29.7 Å². The lowest BCUT2D eigenvalue weighted by atomic mass is 10.0. The number of nitrogens with zero attached hydrogens (tertiary/aromatic N) is 4. The van der Waals surface area contributed by atoms with E-state index in [1.807, 2.05) is 121 Å². The Morgan fingerprint density at radius 2 is 0.712 bits per heavy atom. The van der Waals surface area contributed by atoms with Crippen molar-refractivity contribution in [3.05, 3.63) is 191 Å². The van der Waals surface area contributed by atoms with Gasteiger partial charge in [0.05, 0.1) is 22.7 Å². The Hall–Kier alpha value is -7.00. The summed E-state index contributed by atoms with van der Waals surface area (Å²) in [6, 6.07) is 49.5. The molecule has 2 aliphatic heterocycles. The molecule has 0 spiro atoms. The first kappa shape index (κ1) is 32.2. The molecular formula is C43H34N6O3. The van der Waals surface area contributed by atoms with Crippen LogP contribution in [0.3, 0.4) is 0 Å². The van der Waals surface area contributed by atoms with Gasteiger partial charge < -0.3 is 0 Å². The fourth-order valence-corrected chi connectivity index (χ4v) is 6.45. The van der Waals surface area contributed by atoms with Crippen LogP contribution < -0.4 is 20.1 Å². The van der Waals surface area contributed by atoms with Crippen molar-refractivity contribution in [2.75, 3.05) is 20.1 Å². The molecule has 0 atom stereocenters. The molecule has 0 aliphatic carbocycles. The molecule has 0 bridgehead atoms. The van der Waals surface area contributed by atoms with Gasteiger partial charge in [-0.2, -0.15) is 5.01 Å². The summed E-state index contributed by atoms with van der Waals surface area (Å²) in [6.07, 6.45) is 2.22. The van der Waals surface area contributed by atoms with E-state index in [9.17, 15) is 14.4 Å². The molecule has 6 aromatic carbocycles. The molecule has 2 saturated heterocycles. The third-order valence-electron chi connectivity index (χ3n) is 9.26. The topological polar surface area (TPSA) is 100 Å². The molecule has 6 aromatic rings. The summed E-state index contributed by atoms with van der Waals surface area (Å²) < 4.78 is 0. The minimum atomic E-state index is -0.452. The summed E-state index contributed by atoms with van der Waals surface area (Å²) in [4.78, 5) is 42.9. The van der Waals surface area contributed by atoms with E-state index < -0.39 is 12.1 Å². The van der Waals surface area contributed by atoms with Gasteiger partial charge in [-0.1, -0.05) is 109 Å². The highest BCUT2D eigenvalue weighted by molar-refractivity contribution is 6.42. The molecule has 9 heteroatoms. The summed E-state index contributed by atoms with van der Waals surface area (Å²) in [6.45, 7) is 0. The first-order valence-electron chi connectivity index (χ1n) is 17.0. The normalized spacial score (nSPS) is 14.0. The predicted molar refractivity (Wildman–Crippen MR) is 204 cm³/mol. The smallest absolute Gasteiger partial charge is 0.286 e. The average Bonchev–Trinajstić information content (AvgIpc) is 3.18. The maximum atomic E-state index is 13.1. The summed E-state index contributed by atoms with van der Waals surface area (Å²) in [5.41, 5.74) is 12.1. The lowest BCUT2D eigenvalue weighted by Gasteiger charge is -2.41. The fourth-order valence-electron chi connectivity index (χ4n) is 6.45. The first-order chi connectivity index (χ1) is 25.4. The SMILES string of the molecule is N=C1N(c2ccc(Cc3ccccc3)cc2)C(=O)N1c1ccc(Cc2ccc(N3C(=O)N(Nc4ccc(Cc5ccccc5)cc4)C3=O)cc2)cc1.